The number of carbonyl (C=O) groups excluding carboxylic acids is 1. The molecule has 0 aliphatic heterocycles. The normalized spacial score (nSPS) is 10.8. The van der Waals surface area contributed by atoms with Crippen LogP contribution in [0.5, 0.6) is 5.75 Å². The molecule has 0 aliphatic carbocycles. The summed E-state index contributed by atoms with van der Waals surface area (Å²) in [6.07, 6.45) is 0.923. The van der Waals surface area contributed by atoms with E-state index in [1.807, 2.05) is 12.1 Å². The number of ether oxygens (including phenoxy) is 1. The van der Waals surface area contributed by atoms with Crippen molar-refractivity contribution < 1.29 is 18.3 Å². The molecule has 8 heteroatoms. The molecule has 2 aromatic heterocycles. The van der Waals surface area contributed by atoms with Crippen LogP contribution < -0.4 is 4.74 Å². The molecule has 0 bridgehead atoms. The molecule has 0 aliphatic rings. The van der Waals surface area contributed by atoms with Crippen molar-refractivity contribution in [1.29, 1.82) is 0 Å². The van der Waals surface area contributed by atoms with Crippen molar-refractivity contribution >= 4 is 28.9 Å². The number of hydrogen-bond acceptors (Lipinski definition) is 7. The topological polar surface area (TPSA) is 65.2 Å². The van der Waals surface area contributed by atoms with Crippen LogP contribution in [0.15, 0.2) is 46.0 Å². The summed E-state index contributed by atoms with van der Waals surface area (Å²) in [5.74, 6) is 0.754. The van der Waals surface area contributed by atoms with Gasteiger partial charge in [0.05, 0.1) is 10.6 Å². The van der Waals surface area contributed by atoms with Gasteiger partial charge in [0.2, 0.25) is 0 Å². The van der Waals surface area contributed by atoms with Gasteiger partial charge in [-0.2, -0.15) is 0 Å². The van der Waals surface area contributed by atoms with E-state index in [4.69, 9.17) is 9.15 Å². The Morgan fingerprint density at radius 1 is 1.24 bits per heavy atom. The average molecular weight is 378 g/mol. The van der Waals surface area contributed by atoms with E-state index in [1.165, 1.54) is 52.2 Å². The Bertz CT molecular complexity index is 846. The van der Waals surface area contributed by atoms with Gasteiger partial charge in [0, 0.05) is 4.88 Å². The molecule has 0 unspecified atom stereocenters. The van der Waals surface area contributed by atoms with Crippen LogP contribution in [0.1, 0.15) is 27.4 Å². The maximum atomic E-state index is 12.8. The van der Waals surface area contributed by atoms with E-state index in [0.29, 0.717) is 16.9 Å². The van der Waals surface area contributed by atoms with Gasteiger partial charge in [0.1, 0.15) is 11.6 Å². The maximum absolute atomic E-state index is 12.8. The molecule has 2 heterocycles. The van der Waals surface area contributed by atoms with Crippen LogP contribution in [0, 0.1) is 5.82 Å². The van der Waals surface area contributed by atoms with E-state index in [1.54, 1.807) is 0 Å². The first-order valence-electron chi connectivity index (χ1n) is 7.59. The minimum absolute atomic E-state index is 0.0389. The molecular weight excluding hydrogens is 363 g/mol. The lowest BCUT2D eigenvalue weighted by atomic mass is 10.3. The van der Waals surface area contributed by atoms with Crippen molar-refractivity contribution in [3.8, 4) is 5.75 Å². The Labute approximate surface area is 152 Å². The molecule has 3 rings (SSSR count). The molecule has 1 aromatic carbocycles. The molecule has 0 saturated carbocycles. The largest absolute Gasteiger partial charge is 0.484 e. The Hall–Kier alpha value is -2.19. The van der Waals surface area contributed by atoms with Crippen LogP contribution in [0.3, 0.4) is 0 Å². The molecule has 5 nitrogen and oxygen atoms in total. The summed E-state index contributed by atoms with van der Waals surface area (Å²) >= 11 is 2.71. The van der Waals surface area contributed by atoms with Gasteiger partial charge in [-0.05, 0) is 42.8 Å². The number of Topliss-reactive ketones (excluding diaryl/α,β-unsaturated/α-hetero) is 1. The number of thiophene rings is 1. The maximum Gasteiger partial charge on any atom is 0.277 e. The standard InChI is InChI=1S/C17H15FN2O3S2/c1-2-13-7-8-15(25-13)14(21)10-24-17-20-19-16(23-17)9-22-12-5-3-11(18)4-6-12/h3-8H,2,9-10H2,1H3. The monoisotopic (exact) mass is 378 g/mol. The Balaban J connectivity index is 1.49. The molecule has 0 fully saturated rings. The second-order valence-corrected chi connectivity index (χ2v) is 7.13. The van der Waals surface area contributed by atoms with Crippen LogP contribution in [0.25, 0.3) is 0 Å². The minimum Gasteiger partial charge on any atom is -0.484 e. The van der Waals surface area contributed by atoms with Crippen molar-refractivity contribution in [3.63, 3.8) is 0 Å². The number of aromatic nitrogens is 2. The Morgan fingerprint density at radius 3 is 2.76 bits per heavy atom. The van der Waals surface area contributed by atoms with Crippen molar-refractivity contribution in [1.82, 2.24) is 10.2 Å². The molecule has 0 spiro atoms. The minimum atomic E-state index is -0.328. The van der Waals surface area contributed by atoms with E-state index in [0.717, 1.165) is 11.3 Å². The first-order valence-corrected chi connectivity index (χ1v) is 9.39. The fraction of sp³-hybridized carbons (Fsp3) is 0.235. The van der Waals surface area contributed by atoms with Gasteiger partial charge >= 0.3 is 0 Å². The third-order valence-corrected chi connectivity index (χ3v) is 5.33. The Kier molecular flexibility index (Phi) is 5.83. The second kappa shape index (κ2) is 8.26. The van der Waals surface area contributed by atoms with Crippen molar-refractivity contribution in [2.24, 2.45) is 0 Å². The zero-order chi connectivity index (χ0) is 17.6. The first-order chi connectivity index (χ1) is 12.1. The zero-order valence-electron chi connectivity index (χ0n) is 13.4. The summed E-state index contributed by atoms with van der Waals surface area (Å²) < 4.78 is 23.7. The number of aryl methyl sites for hydroxylation is 1. The quantitative estimate of drug-likeness (QED) is 0.428. The molecule has 25 heavy (non-hydrogen) atoms. The van der Waals surface area contributed by atoms with Crippen LogP contribution >= 0.6 is 23.1 Å². The van der Waals surface area contributed by atoms with Crippen LogP contribution in [0.4, 0.5) is 4.39 Å². The lowest BCUT2D eigenvalue weighted by Gasteiger charge is -2.02. The first kappa shape index (κ1) is 17.6. The summed E-state index contributed by atoms with van der Waals surface area (Å²) in [4.78, 5) is 14.1. The van der Waals surface area contributed by atoms with Crippen molar-refractivity contribution in [3.05, 3.63) is 57.9 Å². The zero-order valence-corrected chi connectivity index (χ0v) is 15.0. The summed E-state index contributed by atoms with van der Waals surface area (Å²) in [6, 6.07) is 9.48. The van der Waals surface area contributed by atoms with Gasteiger partial charge in [-0.25, -0.2) is 4.39 Å². The van der Waals surface area contributed by atoms with Gasteiger partial charge in [-0.3, -0.25) is 4.79 Å². The molecule has 0 atom stereocenters. The summed E-state index contributed by atoms with van der Waals surface area (Å²) in [6.45, 7) is 2.14. The SMILES string of the molecule is CCc1ccc(C(=O)CSc2nnc(COc3ccc(F)cc3)o2)s1. The highest BCUT2D eigenvalue weighted by molar-refractivity contribution is 7.99. The number of hydrogen-bond donors (Lipinski definition) is 0. The van der Waals surface area contributed by atoms with Crippen molar-refractivity contribution in [2.45, 2.75) is 25.2 Å². The number of ketones is 1. The third kappa shape index (κ3) is 4.90. The third-order valence-electron chi connectivity index (χ3n) is 3.24. The van der Waals surface area contributed by atoms with Crippen LogP contribution in [0.2, 0.25) is 0 Å². The second-order valence-electron chi connectivity index (χ2n) is 5.04. The van der Waals surface area contributed by atoms with E-state index >= 15 is 0 Å². The fourth-order valence-electron chi connectivity index (χ4n) is 1.95. The van der Waals surface area contributed by atoms with Crippen LogP contribution in [-0.2, 0) is 13.0 Å². The number of benzene rings is 1. The van der Waals surface area contributed by atoms with Gasteiger partial charge in [0.15, 0.2) is 12.4 Å². The smallest absolute Gasteiger partial charge is 0.277 e. The van der Waals surface area contributed by atoms with E-state index in [-0.39, 0.29) is 24.0 Å². The predicted octanol–water partition coefficient (Wildman–Crippen LogP) is 4.39. The van der Waals surface area contributed by atoms with Gasteiger partial charge in [-0.15, -0.1) is 21.5 Å². The number of carbonyl (C=O) groups is 1. The Morgan fingerprint density at radius 2 is 2.04 bits per heavy atom. The van der Waals surface area contributed by atoms with Crippen LogP contribution in [-0.4, -0.2) is 21.7 Å². The summed E-state index contributed by atoms with van der Waals surface area (Å²) in [7, 11) is 0. The van der Waals surface area contributed by atoms with E-state index in [9.17, 15) is 9.18 Å². The van der Waals surface area contributed by atoms with E-state index < -0.39 is 0 Å². The fourth-order valence-corrected chi connectivity index (χ4v) is 3.59. The molecule has 3 aromatic rings. The number of rotatable bonds is 8. The van der Waals surface area contributed by atoms with Gasteiger partial charge in [-0.1, -0.05) is 18.7 Å². The van der Waals surface area contributed by atoms with Gasteiger partial charge in [0.25, 0.3) is 11.1 Å². The van der Waals surface area contributed by atoms with Gasteiger partial charge < -0.3 is 9.15 Å². The number of thioether (sulfide) groups is 1. The lowest BCUT2D eigenvalue weighted by Crippen LogP contribution is -1.99. The molecule has 0 amide bonds. The average Bonchev–Trinajstić information content (AvgIpc) is 3.28. The number of halogens is 1. The highest BCUT2D eigenvalue weighted by Crippen LogP contribution is 2.22. The molecule has 130 valence electrons. The lowest BCUT2D eigenvalue weighted by molar-refractivity contribution is 0.102. The molecule has 0 radical (unpaired) electrons. The summed E-state index contributed by atoms with van der Waals surface area (Å²) in [5.41, 5.74) is 0. The molecular formula is C17H15FN2O3S2. The van der Waals surface area contributed by atoms with Crippen molar-refractivity contribution in [2.75, 3.05) is 5.75 Å². The molecule has 0 N–H and O–H groups in total. The summed E-state index contributed by atoms with van der Waals surface area (Å²) in [5, 5.41) is 8.08. The molecule has 0 saturated heterocycles. The number of nitrogens with zero attached hydrogens (tertiary/aromatic N) is 2. The highest BCUT2D eigenvalue weighted by Gasteiger charge is 2.13. The van der Waals surface area contributed by atoms with E-state index in [2.05, 4.69) is 17.1 Å². The highest BCUT2D eigenvalue weighted by atomic mass is 32.2. The predicted molar refractivity (Wildman–Crippen MR) is 93.8 cm³/mol.